The third kappa shape index (κ3) is 1.45. The molecule has 1 unspecified atom stereocenters. The van der Waals surface area contributed by atoms with Gasteiger partial charge in [-0.3, -0.25) is 0 Å². The number of nitrogens with one attached hydrogen (secondary N) is 1. The van der Waals surface area contributed by atoms with E-state index in [1.165, 1.54) is 12.1 Å². The number of halogens is 1. The Morgan fingerprint density at radius 2 is 2.20 bits per heavy atom. The fraction of sp³-hybridized carbons (Fsp3) is 0.143. The minimum Gasteiger partial charge on any atom is -0.388 e. The molecule has 0 aliphatic rings. The van der Waals surface area contributed by atoms with Gasteiger partial charge in [-0.15, -0.1) is 9.24 Å². The molecule has 10 heavy (non-hydrogen) atoms. The maximum Gasteiger partial charge on any atom is 0.125 e. The normalized spacial score (nSPS) is 9.50. The van der Waals surface area contributed by atoms with E-state index < -0.39 is 0 Å². The van der Waals surface area contributed by atoms with E-state index in [2.05, 4.69) is 14.6 Å². The van der Waals surface area contributed by atoms with Crippen molar-refractivity contribution < 1.29 is 4.39 Å². The second-order valence-electron chi connectivity index (χ2n) is 1.98. The number of hydrogen-bond donors (Lipinski definition) is 1. The van der Waals surface area contributed by atoms with Gasteiger partial charge in [0.25, 0.3) is 0 Å². The van der Waals surface area contributed by atoms with Crippen molar-refractivity contribution >= 4 is 20.2 Å². The van der Waals surface area contributed by atoms with Crippen LogP contribution in [0.15, 0.2) is 18.2 Å². The summed E-state index contributed by atoms with van der Waals surface area (Å²) >= 11 is 0. The average molecular weight is 157 g/mol. The van der Waals surface area contributed by atoms with Crippen LogP contribution < -0.4 is 10.6 Å². The largest absolute Gasteiger partial charge is 0.388 e. The molecule has 0 radical (unpaired) electrons. The first-order valence-corrected chi connectivity index (χ1v) is 3.54. The van der Waals surface area contributed by atoms with Crippen molar-refractivity contribution in [3.05, 3.63) is 24.0 Å². The highest BCUT2D eigenvalue weighted by Gasteiger charge is 1.95. The average Bonchev–Trinajstić information content (AvgIpc) is 1.94. The highest BCUT2D eigenvalue weighted by Crippen LogP contribution is 2.08. The fourth-order valence-electron chi connectivity index (χ4n) is 0.745. The summed E-state index contributed by atoms with van der Waals surface area (Å²) in [7, 11) is 4.29. The number of anilines is 1. The van der Waals surface area contributed by atoms with Gasteiger partial charge >= 0.3 is 0 Å². The Hall–Kier alpha value is -0.620. The fourth-order valence-corrected chi connectivity index (χ4v) is 1.07. The molecule has 1 rings (SSSR count). The smallest absolute Gasteiger partial charge is 0.125 e. The molecule has 54 valence electrons. The SMILES string of the molecule is CNc1cc(F)ccc1P. The highest BCUT2D eigenvalue weighted by atomic mass is 31.0. The molecule has 0 saturated heterocycles. The van der Waals surface area contributed by atoms with E-state index >= 15 is 0 Å². The standard InChI is InChI=1S/C7H9FNP/c1-9-6-4-5(8)2-3-7(6)10/h2-4,9H,10H2,1H3. The van der Waals surface area contributed by atoms with E-state index in [9.17, 15) is 4.39 Å². The second-order valence-corrected chi connectivity index (χ2v) is 2.60. The molecule has 1 nitrogen and oxygen atoms in total. The molecule has 3 heteroatoms. The third-order valence-electron chi connectivity index (χ3n) is 1.28. The lowest BCUT2D eigenvalue weighted by Crippen LogP contribution is -2.01. The number of rotatable bonds is 1. The van der Waals surface area contributed by atoms with Crippen LogP contribution in [0.5, 0.6) is 0 Å². The number of hydrogen-bond acceptors (Lipinski definition) is 1. The number of benzene rings is 1. The van der Waals surface area contributed by atoms with Crippen LogP contribution in [0, 0.1) is 5.82 Å². The molecule has 0 heterocycles. The van der Waals surface area contributed by atoms with Crippen LogP contribution in [-0.2, 0) is 0 Å². The van der Waals surface area contributed by atoms with Crippen LogP contribution in [0.4, 0.5) is 10.1 Å². The van der Waals surface area contributed by atoms with Gasteiger partial charge in [-0.25, -0.2) is 4.39 Å². The maximum atomic E-state index is 12.5. The van der Waals surface area contributed by atoms with Gasteiger partial charge in [0.2, 0.25) is 0 Å². The lowest BCUT2D eigenvalue weighted by molar-refractivity contribution is 0.629. The molecule has 0 bridgehead atoms. The lowest BCUT2D eigenvalue weighted by atomic mass is 10.3. The van der Waals surface area contributed by atoms with Gasteiger partial charge in [-0.2, -0.15) is 0 Å². The molecule has 0 aromatic heterocycles. The third-order valence-corrected chi connectivity index (χ3v) is 1.79. The molecule has 0 aliphatic carbocycles. The van der Waals surface area contributed by atoms with Crippen LogP contribution in [0.1, 0.15) is 0 Å². The molecule has 0 aliphatic heterocycles. The molecule has 0 spiro atoms. The monoisotopic (exact) mass is 157 g/mol. The van der Waals surface area contributed by atoms with Crippen LogP contribution in [0.2, 0.25) is 0 Å². The van der Waals surface area contributed by atoms with E-state index in [1.807, 2.05) is 0 Å². The van der Waals surface area contributed by atoms with Crippen molar-refractivity contribution in [2.45, 2.75) is 0 Å². The Morgan fingerprint density at radius 3 is 2.70 bits per heavy atom. The zero-order valence-electron chi connectivity index (χ0n) is 5.69. The van der Waals surface area contributed by atoms with Crippen molar-refractivity contribution in [2.24, 2.45) is 0 Å². The quantitative estimate of drug-likeness (QED) is 0.607. The topological polar surface area (TPSA) is 12.0 Å². The summed E-state index contributed by atoms with van der Waals surface area (Å²) < 4.78 is 12.5. The predicted octanol–water partition coefficient (Wildman–Crippen LogP) is 1.37. The zero-order chi connectivity index (χ0) is 7.56. The van der Waals surface area contributed by atoms with Gasteiger partial charge in [0, 0.05) is 12.7 Å². The summed E-state index contributed by atoms with van der Waals surface area (Å²) in [5, 5.41) is 3.85. The van der Waals surface area contributed by atoms with E-state index in [0.29, 0.717) is 0 Å². The highest BCUT2D eigenvalue weighted by molar-refractivity contribution is 7.28. The Bertz CT molecular complexity index is 237. The van der Waals surface area contributed by atoms with Gasteiger partial charge in [-0.1, -0.05) is 6.07 Å². The van der Waals surface area contributed by atoms with E-state index in [4.69, 9.17) is 0 Å². The van der Waals surface area contributed by atoms with Gasteiger partial charge in [0.1, 0.15) is 5.82 Å². The minimum atomic E-state index is -0.212. The van der Waals surface area contributed by atoms with Crippen LogP contribution in [-0.4, -0.2) is 7.05 Å². The summed E-state index contributed by atoms with van der Waals surface area (Å²) in [5.41, 5.74) is 0.810. The lowest BCUT2D eigenvalue weighted by Gasteiger charge is -2.02. The molecular formula is C7H9FNP. The summed E-state index contributed by atoms with van der Waals surface area (Å²) in [6, 6.07) is 4.61. The van der Waals surface area contributed by atoms with E-state index in [0.717, 1.165) is 11.0 Å². The van der Waals surface area contributed by atoms with Crippen molar-refractivity contribution in [2.75, 3.05) is 12.4 Å². The van der Waals surface area contributed by atoms with Crippen LogP contribution in [0.3, 0.4) is 0 Å². The first-order chi connectivity index (χ1) is 4.74. The van der Waals surface area contributed by atoms with Gasteiger partial charge < -0.3 is 5.32 Å². The van der Waals surface area contributed by atoms with Crippen LogP contribution in [0.25, 0.3) is 0 Å². The Morgan fingerprint density at radius 1 is 1.50 bits per heavy atom. The van der Waals surface area contributed by atoms with Crippen molar-refractivity contribution in [3.63, 3.8) is 0 Å². The molecule has 1 aromatic rings. The summed E-state index contributed by atoms with van der Waals surface area (Å²) in [6.45, 7) is 0. The van der Waals surface area contributed by atoms with Crippen molar-refractivity contribution in [1.29, 1.82) is 0 Å². The van der Waals surface area contributed by atoms with Gasteiger partial charge in [-0.05, 0) is 17.4 Å². The summed E-state index contributed by atoms with van der Waals surface area (Å²) in [5.74, 6) is -0.212. The first kappa shape index (κ1) is 7.49. The molecule has 1 N–H and O–H groups in total. The minimum absolute atomic E-state index is 0.212. The molecule has 0 saturated carbocycles. The first-order valence-electron chi connectivity index (χ1n) is 2.97. The Labute approximate surface area is 61.8 Å². The summed E-state index contributed by atoms with van der Waals surface area (Å²) in [6.07, 6.45) is 0. The van der Waals surface area contributed by atoms with Gasteiger partial charge in [0.15, 0.2) is 0 Å². The maximum absolute atomic E-state index is 12.5. The molecule has 0 amide bonds. The molecular weight excluding hydrogens is 148 g/mol. The molecule has 1 atom stereocenters. The molecule has 1 aromatic carbocycles. The Balaban J connectivity index is 3.09. The van der Waals surface area contributed by atoms with E-state index in [-0.39, 0.29) is 5.82 Å². The predicted molar refractivity (Wildman–Crippen MR) is 45.3 cm³/mol. The van der Waals surface area contributed by atoms with Gasteiger partial charge in [0.05, 0.1) is 0 Å². The second kappa shape index (κ2) is 2.98. The Kier molecular flexibility index (Phi) is 2.23. The summed E-state index contributed by atoms with van der Waals surface area (Å²) in [4.78, 5) is 0. The van der Waals surface area contributed by atoms with Crippen LogP contribution >= 0.6 is 9.24 Å². The van der Waals surface area contributed by atoms with Crippen molar-refractivity contribution in [3.8, 4) is 0 Å². The molecule has 0 fully saturated rings. The van der Waals surface area contributed by atoms with E-state index in [1.54, 1.807) is 13.1 Å². The zero-order valence-corrected chi connectivity index (χ0v) is 6.84. The van der Waals surface area contributed by atoms with Crippen molar-refractivity contribution in [1.82, 2.24) is 0 Å².